The van der Waals surface area contributed by atoms with Crippen LogP contribution in [0.25, 0.3) is 20.9 Å². The molecule has 4 aromatic rings. The molecule has 1 N–H and O–H groups in total. The molecule has 0 unspecified atom stereocenters. The highest BCUT2D eigenvalue weighted by molar-refractivity contribution is 7.21. The third-order valence-corrected chi connectivity index (χ3v) is 5.14. The van der Waals surface area contributed by atoms with Gasteiger partial charge in [-0.25, -0.2) is 9.97 Å². The Morgan fingerprint density at radius 1 is 1.07 bits per heavy atom. The number of nitrogens with one attached hydrogen (secondary N) is 1. The number of carbonyl (C=O) groups excluding carboxylic acids is 1. The third-order valence-electron chi connectivity index (χ3n) is 4.11. The van der Waals surface area contributed by atoms with Crippen LogP contribution >= 0.6 is 11.3 Å². The van der Waals surface area contributed by atoms with Crippen molar-refractivity contribution in [3.8, 4) is 16.3 Å². The Balaban J connectivity index is 1.37. The van der Waals surface area contributed by atoms with Crippen LogP contribution in [0.4, 0.5) is 18.9 Å². The van der Waals surface area contributed by atoms with Crippen molar-refractivity contribution in [3.05, 3.63) is 72.4 Å². The molecule has 2 aromatic carbocycles. The topological polar surface area (TPSA) is 64.1 Å². The van der Waals surface area contributed by atoms with Gasteiger partial charge in [0.15, 0.2) is 6.61 Å². The highest BCUT2D eigenvalue weighted by Crippen LogP contribution is 2.31. The van der Waals surface area contributed by atoms with Gasteiger partial charge in [-0.3, -0.25) is 4.79 Å². The Morgan fingerprint density at radius 2 is 1.87 bits per heavy atom. The highest BCUT2D eigenvalue weighted by Gasteiger charge is 2.30. The quantitative estimate of drug-likeness (QED) is 0.462. The molecule has 0 saturated heterocycles. The predicted molar refractivity (Wildman–Crippen MR) is 108 cm³/mol. The molecule has 1 amide bonds. The van der Waals surface area contributed by atoms with Gasteiger partial charge in [-0.05, 0) is 54.6 Å². The van der Waals surface area contributed by atoms with E-state index < -0.39 is 24.3 Å². The minimum Gasteiger partial charge on any atom is -0.484 e. The van der Waals surface area contributed by atoms with Crippen molar-refractivity contribution in [3.63, 3.8) is 0 Å². The maximum Gasteiger partial charge on any atom is 0.416 e. The number of alkyl halides is 3. The van der Waals surface area contributed by atoms with Crippen LogP contribution in [0, 0.1) is 0 Å². The minimum absolute atomic E-state index is 0.0280. The number of anilines is 1. The molecule has 0 saturated carbocycles. The van der Waals surface area contributed by atoms with Crippen LogP contribution in [-0.4, -0.2) is 22.5 Å². The Morgan fingerprint density at radius 3 is 2.60 bits per heavy atom. The van der Waals surface area contributed by atoms with Crippen molar-refractivity contribution in [2.75, 3.05) is 11.9 Å². The molecule has 0 aliphatic carbocycles. The summed E-state index contributed by atoms with van der Waals surface area (Å²) < 4.78 is 43.4. The lowest BCUT2D eigenvalue weighted by Gasteiger charge is -2.10. The number of fused-ring (bicyclic) bond motifs is 1. The molecule has 0 aliphatic rings. The second kappa shape index (κ2) is 8.11. The molecule has 152 valence electrons. The average Bonchev–Trinajstić information content (AvgIpc) is 3.17. The summed E-state index contributed by atoms with van der Waals surface area (Å²) in [5.74, 6) is -0.510. The van der Waals surface area contributed by atoms with E-state index in [4.69, 9.17) is 4.74 Å². The van der Waals surface area contributed by atoms with Gasteiger partial charge in [0.05, 0.1) is 5.56 Å². The lowest BCUT2D eigenvalue weighted by Crippen LogP contribution is -2.20. The van der Waals surface area contributed by atoms with Gasteiger partial charge in [0, 0.05) is 17.4 Å². The third kappa shape index (κ3) is 4.57. The first-order chi connectivity index (χ1) is 14.4. The Labute approximate surface area is 173 Å². The summed E-state index contributed by atoms with van der Waals surface area (Å²) >= 11 is 1.47. The van der Waals surface area contributed by atoms with Gasteiger partial charge < -0.3 is 10.1 Å². The fraction of sp³-hybridized carbons (Fsp3) is 0.0952. The van der Waals surface area contributed by atoms with Crippen molar-refractivity contribution in [1.29, 1.82) is 0 Å². The molecule has 0 radical (unpaired) electrons. The van der Waals surface area contributed by atoms with E-state index in [1.165, 1.54) is 23.5 Å². The van der Waals surface area contributed by atoms with E-state index in [1.54, 1.807) is 18.3 Å². The number of ether oxygens (including phenoxy) is 1. The molecule has 0 bridgehead atoms. The average molecular weight is 429 g/mol. The van der Waals surface area contributed by atoms with E-state index in [9.17, 15) is 18.0 Å². The van der Waals surface area contributed by atoms with Crippen molar-refractivity contribution in [2.24, 2.45) is 0 Å². The number of benzene rings is 2. The van der Waals surface area contributed by atoms with E-state index in [0.29, 0.717) is 5.69 Å². The van der Waals surface area contributed by atoms with E-state index in [1.807, 2.05) is 24.3 Å². The van der Waals surface area contributed by atoms with E-state index in [2.05, 4.69) is 15.3 Å². The standard InChI is InChI=1S/C21H14F3N3O2S/c22-21(23,24)14-3-1-4-16(11-14)29-12-18(28)26-15-8-6-13(7-9-15)19-27-17-5-2-10-25-20(17)30-19/h1-11H,12H2,(H,26,28). The summed E-state index contributed by atoms with van der Waals surface area (Å²) in [5.41, 5.74) is 1.41. The van der Waals surface area contributed by atoms with Crippen LogP contribution in [0.1, 0.15) is 5.56 Å². The second-order valence-electron chi connectivity index (χ2n) is 6.29. The Hall–Kier alpha value is -3.46. The number of carbonyl (C=O) groups is 1. The predicted octanol–water partition coefficient (Wildman–Crippen LogP) is 5.39. The largest absolute Gasteiger partial charge is 0.484 e. The number of rotatable bonds is 5. The molecule has 2 heterocycles. The molecule has 2 aromatic heterocycles. The maximum atomic E-state index is 12.7. The summed E-state index contributed by atoms with van der Waals surface area (Å²) in [5, 5.41) is 3.46. The first kappa shape index (κ1) is 19.8. The first-order valence-electron chi connectivity index (χ1n) is 8.80. The van der Waals surface area contributed by atoms with E-state index in [-0.39, 0.29) is 5.75 Å². The van der Waals surface area contributed by atoms with Crippen LogP contribution in [0.15, 0.2) is 66.9 Å². The molecule has 4 rings (SSSR count). The van der Waals surface area contributed by atoms with Crippen molar-refractivity contribution in [2.45, 2.75) is 6.18 Å². The summed E-state index contributed by atoms with van der Waals surface area (Å²) in [6.45, 7) is -0.410. The number of thiazole rings is 1. The van der Waals surface area contributed by atoms with Gasteiger partial charge in [0.2, 0.25) is 0 Å². The SMILES string of the molecule is O=C(COc1cccc(C(F)(F)F)c1)Nc1ccc(-c2nc3cccnc3s2)cc1. The number of hydrogen-bond acceptors (Lipinski definition) is 5. The summed E-state index contributed by atoms with van der Waals surface area (Å²) in [7, 11) is 0. The van der Waals surface area contributed by atoms with Crippen LogP contribution in [0.2, 0.25) is 0 Å². The molecule has 0 aliphatic heterocycles. The number of amides is 1. The molecule has 5 nitrogen and oxygen atoms in total. The van der Waals surface area contributed by atoms with Crippen LogP contribution in [0.5, 0.6) is 5.75 Å². The van der Waals surface area contributed by atoms with Gasteiger partial charge in [0.1, 0.15) is 21.1 Å². The number of nitrogens with zero attached hydrogens (tertiary/aromatic N) is 2. The number of pyridine rings is 1. The Kier molecular flexibility index (Phi) is 5.37. The lowest BCUT2D eigenvalue weighted by atomic mass is 10.2. The van der Waals surface area contributed by atoms with Gasteiger partial charge in [-0.1, -0.05) is 17.4 Å². The Bertz CT molecular complexity index is 1160. The number of aromatic nitrogens is 2. The molecule has 0 spiro atoms. The molecular formula is C21H14F3N3O2S. The molecule has 0 fully saturated rings. The van der Waals surface area contributed by atoms with Crippen molar-refractivity contribution < 1.29 is 22.7 Å². The van der Waals surface area contributed by atoms with E-state index >= 15 is 0 Å². The number of hydrogen-bond donors (Lipinski definition) is 1. The fourth-order valence-corrected chi connectivity index (χ4v) is 3.61. The molecule has 9 heteroatoms. The molecule has 0 atom stereocenters. The first-order valence-corrected chi connectivity index (χ1v) is 9.62. The minimum atomic E-state index is -4.47. The fourth-order valence-electron chi connectivity index (χ4n) is 2.70. The summed E-state index contributed by atoms with van der Waals surface area (Å²) in [4.78, 5) is 21.7. The van der Waals surface area contributed by atoms with Crippen molar-refractivity contribution >= 4 is 33.3 Å². The van der Waals surface area contributed by atoms with Crippen molar-refractivity contribution in [1.82, 2.24) is 9.97 Å². The zero-order chi connectivity index (χ0) is 21.1. The summed E-state index contributed by atoms with van der Waals surface area (Å²) in [6, 6.07) is 15.2. The van der Waals surface area contributed by atoms with E-state index in [0.717, 1.165) is 33.1 Å². The van der Waals surface area contributed by atoms with Gasteiger partial charge >= 0.3 is 6.18 Å². The zero-order valence-corrected chi connectivity index (χ0v) is 16.1. The molecule has 30 heavy (non-hydrogen) atoms. The summed E-state index contributed by atoms with van der Waals surface area (Å²) in [6.07, 6.45) is -2.76. The van der Waals surface area contributed by atoms with Gasteiger partial charge in [0.25, 0.3) is 5.91 Å². The lowest BCUT2D eigenvalue weighted by molar-refractivity contribution is -0.137. The maximum absolute atomic E-state index is 12.7. The smallest absolute Gasteiger partial charge is 0.416 e. The normalized spacial score (nSPS) is 11.4. The van der Waals surface area contributed by atoms with Crippen LogP contribution < -0.4 is 10.1 Å². The molecular weight excluding hydrogens is 415 g/mol. The monoisotopic (exact) mass is 429 g/mol. The second-order valence-corrected chi connectivity index (χ2v) is 7.26. The number of halogens is 3. The van der Waals surface area contributed by atoms with Gasteiger partial charge in [-0.15, -0.1) is 0 Å². The zero-order valence-electron chi connectivity index (χ0n) is 15.3. The van der Waals surface area contributed by atoms with Gasteiger partial charge in [-0.2, -0.15) is 13.2 Å². The van der Waals surface area contributed by atoms with Crippen LogP contribution in [0.3, 0.4) is 0 Å². The van der Waals surface area contributed by atoms with Crippen LogP contribution in [-0.2, 0) is 11.0 Å². The highest BCUT2D eigenvalue weighted by atomic mass is 32.1.